The Hall–Kier alpha value is -1.57. The molecular formula is C13H16NO+. The van der Waals surface area contributed by atoms with Crippen molar-refractivity contribution < 1.29 is 9.94 Å². The Morgan fingerprint density at radius 2 is 1.87 bits per heavy atom. The van der Waals surface area contributed by atoms with Crippen molar-refractivity contribution >= 4 is 10.9 Å². The van der Waals surface area contributed by atoms with Crippen LogP contribution in [0, 0.1) is 6.92 Å². The molecule has 0 saturated heterocycles. The number of pyridine rings is 1. The Kier molecular flexibility index (Phi) is 2.35. The van der Waals surface area contributed by atoms with Crippen molar-refractivity contribution in [2.45, 2.75) is 26.7 Å². The quantitative estimate of drug-likeness (QED) is 0.558. The van der Waals surface area contributed by atoms with E-state index < -0.39 is 0 Å². The number of hydrogen-bond donors (Lipinski definition) is 1. The standard InChI is InChI=1S/C13H16NO/c1-9(2)12-8-11-6-4-5-7-13(11)14(15)10(12)3/h4-9,15H,1-3H3/q+1. The smallest absolute Gasteiger partial charge is 0.264 e. The van der Waals surface area contributed by atoms with Gasteiger partial charge in [-0.2, -0.15) is 0 Å². The molecule has 0 saturated carbocycles. The molecule has 2 heteroatoms. The minimum Gasteiger partial charge on any atom is -0.284 e. The second kappa shape index (κ2) is 3.54. The third-order valence-electron chi connectivity index (χ3n) is 2.83. The lowest BCUT2D eigenvalue weighted by molar-refractivity contribution is -0.889. The van der Waals surface area contributed by atoms with Gasteiger partial charge in [-0.25, -0.2) is 0 Å². The summed E-state index contributed by atoms with van der Waals surface area (Å²) in [6.45, 7) is 6.22. The largest absolute Gasteiger partial charge is 0.284 e. The first-order valence-corrected chi connectivity index (χ1v) is 5.25. The Bertz CT molecular complexity index is 503. The molecule has 15 heavy (non-hydrogen) atoms. The zero-order valence-electron chi connectivity index (χ0n) is 9.36. The van der Waals surface area contributed by atoms with Crippen LogP contribution in [0.15, 0.2) is 30.3 Å². The lowest BCUT2D eigenvalue weighted by Gasteiger charge is -2.07. The maximum atomic E-state index is 10.0. The van der Waals surface area contributed by atoms with Crippen LogP contribution < -0.4 is 4.73 Å². The molecule has 0 fully saturated rings. The molecule has 1 heterocycles. The second-order valence-corrected chi connectivity index (χ2v) is 4.21. The first-order valence-electron chi connectivity index (χ1n) is 5.25. The van der Waals surface area contributed by atoms with E-state index in [0.29, 0.717) is 5.92 Å². The summed E-state index contributed by atoms with van der Waals surface area (Å²) in [7, 11) is 0. The highest BCUT2D eigenvalue weighted by atomic mass is 16.5. The number of benzene rings is 1. The molecule has 2 aromatic rings. The van der Waals surface area contributed by atoms with Crippen molar-refractivity contribution in [1.29, 1.82) is 0 Å². The molecule has 2 rings (SSSR count). The summed E-state index contributed by atoms with van der Waals surface area (Å²) in [5, 5.41) is 11.1. The summed E-state index contributed by atoms with van der Waals surface area (Å²) in [6.07, 6.45) is 0. The van der Waals surface area contributed by atoms with Crippen molar-refractivity contribution in [3.63, 3.8) is 0 Å². The van der Waals surface area contributed by atoms with Gasteiger partial charge in [-0.15, -0.1) is 0 Å². The molecule has 1 aromatic carbocycles. The minimum absolute atomic E-state index is 0.424. The van der Waals surface area contributed by atoms with Crippen LogP contribution in [0.3, 0.4) is 0 Å². The van der Waals surface area contributed by atoms with Gasteiger partial charge >= 0.3 is 0 Å². The molecule has 0 radical (unpaired) electrons. The fraction of sp³-hybridized carbons (Fsp3) is 0.308. The van der Waals surface area contributed by atoms with Gasteiger partial charge in [-0.3, -0.25) is 5.21 Å². The third-order valence-corrected chi connectivity index (χ3v) is 2.83. The Morgan fingerprint density at radius 3 is 2.53 bits per heavy atom. The molecule has 78 valence electrons. The maximum absolute atomic E-state index is 10.0. The zero-order valence-corrected chi connectivity index (χ0v) is 9.36. The van der Waals surface area contributed by atoms with Gasteiger partial charge in [-0.1, -0.05) is 26.0 Å². The van der Waals surface area contributed by atoms with Gasteiger partial charge in [0.1, 0.15) is 0 Å². The summed E-state index contributed by atoms with van der Waals surface area (Å²) in [5.74, 6) is 0.424. The van der Waals surface area contributed by atoms with Crippen molar-refractivity contribution in [1.82, 2.24) is 0 Å². The Morgan fingerprint density at radius 1 is 1.20 bits per heavy atom. The predicted molar refractivity (Wildman–Crippen MR) is 60.2 cm³/mol. The van der Waals surface area contributed by atoms with E-state index in [-0.39, 0.29) is 0 Å². The van der Waals surface area contributed by atoms with Crippen LogP contribution in [0.5, 0.6) is 0 Å². The van der Waals surface area contributed by atoms with Gasteiger partial charge in [0.15, 0.2) is 0 Å². The number of rotatable bonds is 1. The number of aromatic nitrogens is 1. The molecule has 0 aliphatic heterocycles. The topological polar surface area (TPSA) is 24.1 Å². The van der Waals surface area contributed by atoms with E-state index in [1.165, 1.54) is 10.3 Å². The predicted octanol–water partition coefficient (Wildman–Crippen LogP) is 2.80. The van der Waals surface area contributed by atoms with E-state index >= 15 is 0 Å². The molecule has 0 atom stereocenters. The SMILES string of the molecule is Cc1c(C(C)C)cc2ccccc2[n+]1O. The van der Waals surface area contributed by atoms with Crippen LogP contribution in [0.2, 0.25) is 0 Å². The van der Waals surface area contributed by atoms with Crippen LogP contribution in [0.25, 0.3) is 10.9 Å². The van der Waals surface area contributed by atoms with Gasteiger partial charge in [-0.05, 0) is 18.1 Å². The van der Waals surface area contributed by atoms with Gasteiger partial charge < -0.3 is 0 Å². The number of nitrogens with zero attached hydrogens (tertiary/aromatic N) is 1. The van der Waals surface area contributed by atoms with E-state index in [1.807, 2.05) is 31.2 Å². The number of fused-ring (bicyclic) bond motifs is 1. The average Bonchev–Trinajstić information content (AvgIpc) is 2.23. The monoisotopic (exact) mass is 202 g/mol. The van der Waals surface area contributed by atoms with Crippen LogP contribution in [0.1, 0.15) is 31.0 Å². The van der Waals surface area contributed by atoms with Crippen LogP contribution in [-0.2, 0) is 0 Å². The van der Waals surface area contributed by atoms with Crippen molar-refractivity contribution in [3.8, 4) is 0 Å². The summed E-state index contributed by atoms with van der Waals surface area (Å²) in [5.41, 5.74) is 2.97. The van der Waals surface area contributed by atoms with E-state index in [4.69, 9.17) is 0 Å². The Balaban J connectivity index is 2.82. The second-order valence-electron chi connectivity index (χ2n) is 4.21. The minimum atomic E-state index is 0.424. The highest BCUT2D eigenvalue weighted by molar-refractivity contribution is 5.76. The van der Waals surface area contributed by atoms with Gasteiger partial charge in [0.05, 0.1) is 5.39 Å². The Labute approximate surface area is 89.8 Å². The van der Waals surface area contributed by atoms with E-state index in [9.17, 15) is 5.21 Å². The molecule has 0 bridgehead atoms. The molecule has 0 amide bonds. The summed E-state index contributed by atoms with van der Waals surface area (Å²) in [4.78, 5) is 0. The highest BCUT2D eigenvalue weighted by Gasteiger charge is 2.18. The molecule has 2 nitrogen and oxygen atoms in total. The molecule has 0 aliphatic rings. The molecule has 0 spiro atoms. The zero-order chi connectivity index (χ0) is 11.0. The normalized spacial score (nSPS) is 11.2. The molecule has 0 unspecified atom stereocenters. The van der Waals surface area contributed by atoms with Gasteiger partial charge in [0.25, 0.3) is 5.52 Å². The van der Waals surface area contributed by atoms with Gasteiger partial charge in [0, 0.05) is 23.3 Å². The van der Waals surface area contributed by atoms with Gasteiger partial charge in [0.2, 0.25) is 5.69 Å². The fourth-order valence-electron chi connectivity index (χ4n) is 1.96. The number of hydrogen-bond acceptors (Lipinski definition) is 1. The lowest BCUT2D eigenvalue weighted by atomic mass is 10.00. The third kappa shape index (κ3) is 1.56. The average molecular weight is 202 g/mol. The first-order chi connectivity index (χ1) is 7.11. The maximum Gasteiger partial charge on any atom is 0.264 e. The molecule has 0 aliphatic carbocycles. The highest BCUT2D eigenvalue weighted by Crippen LogP contribution is 2.20. The summed E-state index contributed by atoms with van der Waals surface area (Å²) < 4.78 is 1.28. The van der Waals surface area contributed by atoms with E-state index in [2.05, 4.69) is 19.9 Å². The van der Waals surface area contributed by atoms with Crippen molar-refractivity contribution in [2.75, 3.05) is 0 Å². The number of para-hydroxylation sites is 1. The lowest BCUT2D eigenvalue weighted by Crippen LogP contribution is -2.36. The summed E-state index contributed by atoms with van der Waals surface area (Å²) in [6, 6.07) is 10.0. The van der Waals surface area contributed by atoms with Crippen LogP contribution in [0.4, 0.5) is 0 Å². The van der Waals surface area contributed by atoms with Crippen LogP contribution in [-0.4, -0.2) is 5.21 Å². The first kappa shape index (κ1) is 9.97. The van der Waals surface area contributed by atoms with Crippen molar-refractivity contribution in [3.05, 3.63) is 41.6 Å². The van der Waals surface area contributed by atoms with Crippen molar-refractivity contribution in [2.24, 2.45) is 0 Å². The van der Waals surface area contributed by atoms with E-state index in [0.717, 1.165) is 16.6 Å². The fourth-order valence-corrected chi connectivity index (χ4v) is 1.96. The van der Waals surface area contributed by atoms with Crippen LogP contribution >= 0.6 is 0 Å². The molecule has 1 N–H and O–H groups in total. The van der Waals surface area contributed by atoms with E-state index in [1.54, 1.807) is 0 Å². The summed E-state index contributed by atoms with van der Waals surface area (Å²) >= 11 is 0. The molecular weight excluding hydrogens is 186 g/mol. The molecule has 1 aromatic heterocycles.